The fourth-order valence-electron chi connectivity index (χ4n) is 3.92. The van der Waals surface area contributed by atoms with Crippen molar-refractivity contribution in [3.05, 3.63) is 98.6 Å². The number of hydrogen-bond acceptors (Lipinski definition) is 5. The van der Waals surface area contributed by atoms with Crippen LogP contribution in [0.2, 0.25) is 0 Å². The first-order valence-corrected chi connectivity index (χ1v) is 11.8. The number of nitrogens with one attached hydrogen (secondary N) is 4. The van der Waals surface area contributed by atoms with Crippen LogP contribution in [-0.4, -0.2) is 26.9 Å². The summed E-state index contributed by atoms with van der Waals surface area (Å²) in [6, 6.07) is 20.0. The van der Waals surface area contributed by atoms with Crippen LogP contribution in [0.3, 0.4) is 0 Å². The molecule has 36 heavy (non-hydrogen) atoms. The Morgan fingerprint density at radius 2 is 1.81 bits per heavy atom. The van der Waals surface area contributed by atoms with Crippen LogP contribution in [0.5, 0.6) is 0 Å². The molecule has 0 aliphatic heterocycles. The van der Waals surface area contributed by atoms with Crippen molar-refractivity contribution in [2.75, 3.05) is 10.6 Å². The Morgan fingerprint density at radius 1 is 0.972 bits per heavy atom. The molecule has 0 fully saturated rings. The minimum absolute atomic E-state index is 0.154. The van der Waals surface area contributed by atoms with E-state index in [-0.39, 0.29) is 18.2 Å². The van der Waals surface area contributed by atoms with Gasteiger partial charge in [-0.1, -0.05) is 57.5 Å². The largest absolute Gasteiger partial charge is 0.439 e. The molecule has 0 atom stereocenters. The third kappa shape index (κ3) is 4.84. The van der Waals surface area contributed by atoms with Crippen LogP contribution < -0.4 is 16.4 Å². The Balaban J connectivity index is 1.39. The predicted octanol–water partition coefficient (Wildman–Crippen LogP) is 5.02. The van der Waals surface area contributed by atoms with Gasteiger partial charge in [0.1, 0.15) is 5.69 Å². The average molecular weight is 546 g/mol. The summed E-state index contributed by atoms with van der Waals surface area (Å²) in [5.74, 6) is -1.07. The zero-order chi connectivity index (χ0) is 25.2. The molecule has 3 aromatic carbocycles. The summed E-state index contributed by atoms with van der Waals surface area (Å²) in [5, 5.41) is 10.3. The third-order valence-corrected chi connectivity index (χ3v) is 6.21. The lowest BCUT2D eigenvalue weighted by Crippen LogP contribution is -2.15. The van der Waals surface area contributed by atoms with E-state index in [1.165, 1.54) is 0 Å². The molecule has 0 aliphatic carbocycles. The molecular formula is C26H20BrN5O4. The number of anilines is 2. The molecule has 0 unspecified atom stereocenters. The van der Waals surface area contributed by atoms with Crippen molar-refractivity contribution >= 4 is 50.0 Å². The van der Waals surface area contributed by atoms with E-state index in [0.29, 0.717) is 28.1 Å². The first kappa shape index (κ1) is 23.3. The van der Waals surface area contributed by atoms with Gasteiger partial charge in [0.15, 0.2) is 5.82 Å². The van der Waals surface area contributed by atoms with Crippen LogP contribution in [0.1, 0.15) is 21.6 Å². The average Bonchev–Trinajstić information content (AvgIpc) is 3.49. The number of para-hydroxylation sites is 1. The number of benzene rings is 3. The molecular weight excluding hydrogens is 526 g/mol. The maximum Gasteiger partial charge on any atom is 0.439 e. The third-order valence-electron chi connectivity index (χ3n) is 5.71. The molecule has 2 heterocycles. The molecule has 5 rings (SSSR count). The van der Waals surface area contributed by atoms with Gasteiger partial charge in [-0.3, -0.25) is 19.1 Å². The Hall–Kier alpha value is -4.44. The number of hydrogen-bond donors (Lipinski definition) is 4. The smallest absolute Gasteiger partial charge is 0.349 e. The molecule has 0 saturated carbocycles. The Kier molecular flexibility index (Phi) is 6.26. The minimum atomic E-state index is -0.699. The molecule has 0 aliphatic rings. The number of rotatable bonds is 6. The van der Waals surface area contributed by atoms with Gasteiger partial charge in [-0.15, -0.1) is 0 Å². The van der Waals surface area contributed by atoms with E-state index in [9.17, 15) is 14.4 Å². The topological polar surface area (TPSA) is 133 Å². The van der Waals surface area contributed by atoms with Crippen LogP contribution >= 0.6 is 15.9 Å². The summed E-state index contributed by atoms with van der Waals surface area (Å²) >= 11 is 3.38. The molecule has 9 nitrogen and oxygen atoms in total. The van der Waals surface area contributed by atoms with Crippen molar-refractivity contribution in [2.24, 2.45) is 0 Å². The molecule has 0 saturated heterocycles. The number of carbonyl (C=O) groups is 2. The normalized spacial score (nSPS) is 10.9. The van der Waals surface area contributed by atoms with E-state index < -0.39 is 11.7 Å². The molecule has 4 N–H and O–H groups in total. The SMILES string of the molecule is Cc1ccccc1CC(=O)Nc1cccc2cc(C(=O)Nc3ccc(Br)cc3-c3noc(=O)[nH]3)[nH]c12. The summed E-state index contributed by atoms with van der Waals surface area (Å²) in [6.45, 7) is 1.97. The van der Waals surface area contributed by atoms with Crippen LogP contribution in [-0.2, 0) is 11.2 Å². The molecule has 180 valence electrons. The zero-order valence-corrected chi connectivity index (χ0v) is 20.6. The molecule has 0 spiro atoms. The highest BCUT2D eigenvalue weighted by Gasteiger charge is 2.17. The van der Waals surface area contributed by atoms with Gasteiger partial charge < -0.3 is 15.6 Å². The van der Waals surface area contributed by atoms with Crippen molar-refractivity contribution in [2.45, 2.75) is 13.3 Å². The molecule has 2 aromatic heterocycles. The van der Waals surface area contributed by atoms with Crippen molar-refractivity contribution in [3.8, 4) is 11.4 Å². The van der Waals surface area contributed by atoms with Crippen LogP contribution in [0.25, 0.3) is 22.3 Å². The minimum Gasteiger partial charge on any atom is -0.349 e. The van der Waals surface area contributed by atoms with E-state index in [1.54, 1.807) is 30.3 Å². The molecule has 2 amide bonds. The Morgan fingerprint density at radius 3 is 2.58 bits per heavy atom. The van der Waals surface area contributed by atoms with E-state index in [1.807, 2.05) is 43.3 Å². The summed E-state index contributed by atoms with van der Waals surface area (Å²) in [5.41, 5.74) is 4.42. The lowest BCUT2D eigenvalue weighted by Gasteiger charge is -2.09. The number of H-pyrrole nitrogens is 2. The molecule has 0 radical (unpaired) electrons. The monoisotopic (exact) mass is 545 g/mol. The first-order chi connectivity index (χ1) is 17.4. The maximum atomic E-state index is 13.1. The van der Waals surface area contributed by atoms with Gasteiger partial charge in [-0.25, -0.2) is 4.79 Å². The summed E-state index contributed by atoms with van der Waals surface area (Å²) in [4.78, 5) is 42.8. The number of aryl methyl sites for hydroxylation is 1. The zero-order valence-electron chi connectivity index (χ0n) is 19.0. The second-order valence-corrected chi connectivity index (χ2v) is 9.11. The highest BCUT2D eigenvalue weighted by molar-refractivity contribution is 9.10. The van der Waals surface area contributed by atoms with Gasteiger partial charge in [0, 0.05) is 15.4 Å². The number of aromatic amines is 2. The number of nitrogens with zero attached hydrogens (tertiary/aromatic N) is 1. The Labute approximate surface area is 213 Å². The van der Waals surface area contributed by atoms with Crippen molar-refractivity contribution < 1.29 is 14.1 Å². The highest BCUT2D eigenvalue weighted by atomic mass is 79.9. The lowest BCUT2D eigenvalue weighted by molar-refractivity contribution is -0.115. The number of halogens is 1. The number of amides is 2. The van der Waals surface area contributed by atoms with Crippen LogP contribution in [0, 0.1) is 6.92 Å². The van der Waals surface area contributed by atoms with Gasteiger partial charge in [0.25, 0.3) is 5.91 Å². The molecule has 5 aromatic rings. The maximum absolute atomic E-state index is 13.1. The van der Waals surface area contributed by atoms with Gasteiger partial charge in [-0.05, 0) is 48.4 Å². The van der Waals surface area contributed by atoms with Gasteiger partial charge in [0.2, 0.25) is 5.91 Å². The quantitative estimate of drug-likeness (QED) is 0.238. The predicted molar refractivity (Wildman–Crippen MR) is 140 cm³/mol. The number of carbonyl (C=O) groups excluding carboxylic acids is 2. The van der Waals surface area contributed by atoms with Crippen LogP contribution in [0.4, 0.5) is 11.4 Å². The Bertz CT molecular complexity index is 1670. The van der Waals surface area contributed by atoms with Crippen LogP contribution in [0.15, 0.2) is 80.5 Å². The lowest BCUT2D eigenvalue weighted by atomic mass is 10.1. The van der Waals surface area contributed by atoms with Crippen molar-refractivity contribution in [3.63, 3.8) is 0 Å². The fraction of sp³-hybridized carbons (Fsp3) is 0.0769. The van der Waals surface area contributed by atoms with Gasteiger partial charge >= 0.3 is 5.76 Å². The number of fused-ring (bicyclic) bond motifs is 1. The summed E-state index contributed by atoms with van der Waals surface area (Å²) in [7, 11) is 0. The van der Waals surface area contributed by atoms with E-state index in [4.69, 9.17) is 0 Å². The van der Waals surface area contributed by atoms with Crippen molar-refractivity contribution in [1.82, 2.24) is 15.1 Å². The van der Waals surface area contributed by atoms with Gasteiger partial charge in [0.05, 0.1) is 23.3 Å². The van der Waals surface area contributed by atoms with E-state index in [0.717, 1.165) is 21.0 Å². The summed E-state index contributed by atoms with van der Waals surface area (Å²) in [6.07, 6.45) is 0.244. The first-order valence-electron chi connectivity index (χ1n) is 11.0. The fourth-order valence-corrected chi connectivity index (χ4v) is 4.28. The standard InChI is InChI=1S/C26H20BrN5O4/c1-14-5-2-3-6-15(14)12-22(33)28-20-8-4-7-16-11-21(29-23(16)20)25(34)30-19-10-9-17(27)13-18(19)24-31-26(35)36-32-24/h2-11,13,29H,12H2,1H3,(H,28,33)(H,30,34)(H,31,32,35). The molecule has 0 bridgehead atoms. The van der Waals surface area contributed by atoms with E-state index >= 15 is 0 Å². The summed E-state index contributed by atoms with van der Waals surface area (Å²) < 4.78 is 5.33. The highest BCUT2D eigenvalue weighted by Crippen LogP contribution is 2.30. The number of aromatic nitrogens is 3. The molecule has 10 heteroatoms. The van der Waals surface area contributed by atoms with Crippen molar-refractivity contribution in [1.29, 1.82) is 0 Å². The second kappa shape index (κ2) is 9.67. The van der Waals surface area contributed by atoms with Gasteiger partial charge in [-0.2, -0.15) is 0 Å². The second-order valence-electron chi connectivity index (χ2n) is 8.19. The van der Waals surface area contributed by atoms with E-state index in [2.05, 4.69) is 46.2 Å².